The molecule has 0 aliphatic carbocycles. The van der Waals surface area contributed by atoms with E-state index in [9.17, 15) is 0 Å². The molecular formula is C9H13N3. The number of rotatable bonds is 4. The average Bonchev–Trinajstić information content (AvgIpc) is 2.14. The zero-order valence-corrected chi connectivity index (χ0v) is 7.27. The van der Waals surface area contributed by atoms with E-state index < -0.39 is 0 Å². The Hall–Kier alpha value is -1.25. The molecule has 64 valence electrons. The molecule has 3 heteroatoms. The Kier molecular flexibility index (Phi) is 3.98. The maximum absolute atomic E-state index is 3.95. The second kappa shape index (κ2) is 5.41. The third-order valence-electron chi connectivity index (χ3n) is 1.61. The zero-order chi connectivity index (χ0) is 8.65. The fourth-order valence-corrected chi connectivity index (χ4v) is 1.00. The summed E-state index contributed by atoms with van der Waals surface area (Å²) < 4.78 is 0. The summed E-state index contributed by atoms with van der Waals surface area (Å²) in [4.78, 5) is 3.95. The number of aryl methyl sites for hydroxylation is 1. The summed E-state index contributed by atoms with van der Waals surface area (Å²) in [5, 5.41) is 7.58. The molecule has 0 radical (unpaired) electrons. The van der Waals surface area contributed by atoms with Gasteiger partial charge in [0.15, 0.2) is 0 Å². The molecule has 0 saturated carbocycles. The highest BCUT2D eigenvalue weighted by molar-refractivity contribution is 5.09. The monoisotopic (exact) mass is 163 g/mol. The van der Waals surface area contributed by atoms with Crippen molar-refractivity contribution in [3.63, 3.8) is 0 Å². The molecule has 0 aliphatic rings. The second-order valence-corrected chi connectivity index (χ2v) is 2.52. The van der Waals surface area contributed by atoms with Gasteiger partial charge >= 0.3 is 0 Å². The number of azo groups is 1. The molecule has 1 heterocycles. The normalized spacial score (nSPS) is 10.8. The zero-order valence-electron chi connectivity index (χ0n) is 7.27. The lowest BCUT2D eigenvalue weighted by Crippen LogP contribution is -1.87. The summed E-state index contributed by atoms with van der Waals surface area (Å²) >= 11 is 0. The lowest BCUT2D eigenvalue weighted by Gasteiger charge is -1.96. The first-order valence-corrected chi connectivity index (χ1v) is 4.08. The number of hydrogen-bond acceptors (Lipinski definition) is 3. The smallest absolute Gasteiger partial charge is 0.0601 e. The second-order valence-electron chi connectivity index (χ2n) is 2.52. The molecule has 1 aromatic rings. The van der Waals surface area contributed by atoms with E-state index >= 15 is 0 Å². The van der Waals surface area contributed by atoms with Crippen LogP contribution in [0.3, 0.4) is 0 Å². The molecule has 0 N–H and O–H groups in total. The Morgan fingerprint density at radius 1 is 1.33 bits per heavy atom. The first-order valence-electron chi connectivity index (χ1n) is 4.08. The molecule has 0 atom stereocenters. The fourth-order valence-electron chi connectivity index (χ4n) is 1.00. The fraction of sp³-hybridized carbons (Fsp3) is 0.444. The highest BCUT2D eigenvalue weighted by Crippen LogP contribution is 2.00. The predicted octanol–water partition coefficient (Wildman–Crippen LogP) is 2.10. The van der Waals surface area contributed by atoms with Crippen molar-refractivity contribution in [1.29, 1.82) is 0 Å². The van der Waals surface area contributed by atoms with Gasteiger partial charge in [0.05, 0.1) is 6.54 Å². The molecule has 0 unspecified atom stereocenters. The Morgan fingerprint density at radius 2 is 2.08 bits per heavy atom. The molecule has 0 aromatic carbocycles. The number of hydrogen-bond donors (Lipinski definition) is 0. The van der Waals surface area contributed by atoms with Crippen molar-refractivity contribution in [1.82, 2.24) is 4.98 Å². The standard InChI is InChI=1S/C9H13N3/c1-10-12-6-2-3-9-4-7-11-8-5-9/h4-5,7-8H,2-3,6H2,1H3. The van der Waals surface area contributed by atoms with Crippen LogP contribution in [0.2, 0.25) is 0 Å². The third kappa shape index (κ3) is 3.23. The quantitative estimate of drug-likeness (QED) is 0.494. The minimum Gasteiger partial charge on any atom is -0.265 e. The summed E-state index contributed by atoms with van der Waals surface area (Å²) in [6.45, 7) is 0.818. The highest BCUT2D eigenvalue weighted by atomic mass is 15.1. The van der Waals surface area contributed by atoms with Crippen molar-refractivity contribution >= 4 is 0 Å². The van der Waals surface area contributed by atoms with E-state index in [1.54, 1.807) is 7.05 Å². The molecule has 0 spiro atoms. The van der Waals surface area contributed by atoms with E-state index in [0.29, 0.717) is 0 Å². The Morgan fingerprint density at radius 3 is 2.75 bits per heavy atom. The Balaban J connectivity index is 2.24. The summed E-state index contributed by atoms with van der Waals surface area (Å²) in [5.41, 5.74) is 1.32. The number of pyridine rings is 1. The van der Waals surface area contributed by atoms with Crippen LogP contribution in [0.1, 0.15) is 12.0 Å². The SMILES string of the molecule is CN=NCCCc1ccncc1. The summed E-state index contributed by atoms with van der Waals surface area (Å²) in [7, 11) is 1.70. The molecule has 0 bridgehead atoms. The van der Waals surface area contributed by atoms with E-state index in [1.807, 2.05) is 24.5 Å². The summed E-state index contributed by atoms with van der Waals surface area (Å²) in [6, 6.07) is 4.06. The van der Waals surface area contributed by atoms with Gasteiger partial charge in [-0.1, -0.05) is 0 Å². The largest absolute Gasteiger partial charge is 0.265 e. The van der Waals surface area contributed by atoms with Crippen LogP contribution >= 0.6 is 0 Å². The van der Waals surface area contributed by atoms with Crippen LogP contribution in [0.15, 0.2) is 34.8 Å². The van der Waals surface area contributed by atoms with Gasteiger partial charge in [-0.2, -0.15) is 10.2 Å². The van der Waals surface area contributed by atoms with Gasteiger partial charge in [0.1, 0.15) is 0 Å². The van der Waals surface area contributed by atoms with Crippen molar-refractivity contribution in [2.45, 2.75) is 12.8 Å². The average molecular weight is 163 g/mol. The molecule has 0 amide bonds. The van der Waals surface area contributed by atoms with Crippen molar-refractivity contribution in [3.8, 4) is 0 Å². The van der Waals surface area contributed by atoms with Crippen LogP contribution in [0.25, 0.3) is 0 Å². The van der Waals surface area contributed by atoms with E-state index in [0.717, 1.165) is 19.4 Å². The topological polar surface area (TPSA) is 37.6 Å². The molecule has 0 fully saturated rings. The lowest BCUT2D eigenvalue weighted by molar-refractivity contribution is 0.793. The molecule has 0 aliphatic heterocycles. The minimum atomic E-state index is 0.818. The lowest BCUT2D eigenvalue weighted by atomic mass is 10.1. The maximum atomic E-state index is 3.95. The van der Waals surface area contributed by atoms with Crippen molar-refractivity contribution in [2.24, 2.45) is 10.2 Å². The molecule has 3 nitrogen and oxygen atoms in total. The van der Waals surface area contributed by atoms with Gasteiger partial charge in [0.25, 0.3) is 0 Å². The van der Waals surface area contributed by atoms with Gasteiger partial charge in [0, 0.05) is 19.4 Å². The van der Waals surface area contributed by atoms with Crippen molar-refractivity contribution in [3.05, 3.63) is 30.1 Å². The third-order valence-corrected chi connectivity index (χ3v) is 1.61. The number of aromatic nitrogens is 1. The maximum Gasteiger partial charge on any atom is 0.0601 e. The van der Waals surface area contributed by atoms with Crippen LogP contribution in [0.4, 0.5) is 0 Å². The van der Waals surface area contributed by atoms with E-state index in [1.165, 1.54) is 5.56 Å². The van der Waals surface area contributed by atoms with Crippen LogP contribution < -0.4 is 0 Å². The molecule has 0 saturated heterocycles. The van der Waals surface area contributed by atoms with Gasteiger partial charge in [-0.3, -0.25) is 4.98 Å². The van der Waals surface area contributed by atoms with Crippen molar-refractivity contribution in [2.75, 3.05) is 13.6 Å². The van der Waals surface area contributed by atoms with Gasteiger partial charge in [-0.05, 0) is 30.5 Å². The number of nitrogens with zero attached hydrogens (tertiary/aromatic N) is 3. The van der Waals surface area contributed by atoms with Crippen LogP contribution in [-0.4, -0.2) is 18.6 Å². The first-order chi connectivity index (χ1) is 5.93. The predicted molar refractivity (Wildman–Crippen MR) is 48.2 cm³/mol. The van der Waals surface area contributed by atoms with Gasteiger partial charge < -0.3 is 0 Å². The highest BCUT2D eigenvalue weighted by Gasteiger charge is 1.90. The first kappa shape index (κ1) is 8.84. The van der Waals surface area contributed by atoms with Crippen LogP contribution in [0, 0.1) is 0 Å². The molecule has 1 rings (SSSR count). The van der Waals surface area contributed by atoms with E-state index in [2.05, 4.69) is 15.2 Å². The van der Waals surface area contributed by atoms with E-state index in [4.69, 9.17) is 0 Å². The van der Waals surface area contributed by atoms with Gasteiger partial charge in [-0.15, -0.1) is 0 Å². The molecule has 1 aromatic heterocycles. The van der Waals surface area contributed by atoms with Crippen LogP contribution in [0.5, 0.6) is 0 Å². The van der Waals surface area contributed by atoms with Crippen molar-refractivity contribution < 1.29 is 0 Å². The minimum absolute atomic E-state index is 0.818. The van der Waals surface area contributed by atoms with Gasteiger partial charge in [-0.25, -0.2) is 0 Å². The van der Waals surface area contributed by atoms with Crippen LogP contribution in [-0.2, 0) is 6.42 Å². The summed E-state index contributed by atoms with van der Waals surface area (Å²) in [6.07, 6.45) is 5.75. The Bertz CT molecular complexity index is 231. The Labute approximate surface area is 72.6 Å². The molecular weight excluding hydrogens is 150 g/mol. The van der Waals surface area contributed by atoms with Gasteiger partial charge in [0.2, 0.25) is 0 Å². The van der Waals surface area contributed by atoms with E-state index in [-0.39, 0.29) is 0 Å². The summed E-state index contributed by atoms with van der Waals surface area (Å²) in [5.74, 6) is 0. The molecule has 12 heavy (non-hydrogen) atoms.